The van der Waals surface area contributed by atoms with Crippen LogP contribution >= 0.6 is 0 Å². The average molecular weight is 527 g/mol. The van der Waals surface area contributed by atoms with Crippen LogP contribution in [0.3, 0.4) is 0 Å². The molecule has 0 radical (unpaired) electrons. The lowest BCUT2D eigenvalue weighted by atomic mass is 9.87. The van der Waals surface area contributed by atoms with Crippen LogP contribution in [0.25, 0.3) is 10.9 Å². The number of ether oxygens (including phenoxy) is 1. The van der Waals surface area contributed by atoms with Crippen molar-refractivity contribution >= 4 is 32.6 Å². The lowest BCUT2D eigenvalue weighted by Crippen LogP contribution is -2.22. The second-order valence-electron chi connectivity index (χ2n) is 8.74. The Morgan fingerprint density at radius 1 is 1.19 bits per heavy atom. The summed E-state index contributed by atoms with van der Waals surface area (Å²) >= 11 is 0. The molecule has 1 saturated carbocycles. The zero-order valence-electron chi connectivity index (χ0n) is 19.6. The van der Waals surface area contributed by atoms with Gasteiger partial charge in [0.25, 0.3) is 16.0 Å². The summed E-state index contributed by atoms with van der Waals surface area (Å²) in [6.07, 6.45) is 1.40. The van der Waals surface area contributed by atoms with E-state index in [1.54, 1.807) is 12.1 Å². The molecule has 1 aliphatic carbocycles. The number of amides is 1. The molecule has 1 N–H and O–H groups in total. The van der Waals surface area contributed by atoms with Gasteiger partial charge in [0.15, 0.2) is 0 Å². The molecular weight excluding hydrogens is 501 g/mol. The molecule has 9 nitrogen and oxygen atoms in total. The summed E-state index contributed by atoms with van der Waals surface area (Å²) in [7, 11) is -2.05. The number of methoxy groups -OCH3 is 1. The highest BCUT2D eigenvalue weighted by atomic mass is 32.2. The summed E-state index contributed by atoms with van der Waals surface area (Å²) in [6, 6.07) is 6.53. The normalized spacial score (nSPS) is 18.8. The van der Waals surface area contributed by atoms with Crippen LogP contribution in [0.5, 0.6) is 5.75 Å². The van der Waals surface area contributed by atoms with Crippen molar-refractivity contribution in [2.45, 2.75) is 37.9 Å². The predicted molar refractivity (Wildman–Crippen MR) is 125 cm³/mol. The van der Waals surface area contributed by atoms with E-state index in [2.05, 4.69) is 15.4 Å². The number of nitrogens with zero attached hydrogens (tertiary/aromatic N) is 3. The standard InChI is InChI=1S/C23H25F3N4O5S/c1-34-20-11-18-15(10-19(20)28-22(31)17-4-3-5-21(27-17)23(24,25)26)12-30(29-18)16-8-6-14(7-9-16)13-35-36(2,32)33/h3-5,10-12,14,16H,6-9,13H2,1-2H3,(H,28,31). The zero-order valence-corrected chi connectivity index (χ0v) is 20.4. The van der Waals surface area contributed by atoms with Gasteiger partial charge in [-0.2, -0.15) is 26.7 Å². The molecule has 13 heteroatoms. The number of halogens is 3. The van der Waals surface area contributed by atoms with Crippen LogP contribution in [0, 0.1) is 5.92 Å². The average Bonchev–Trinajstić information content (AvgIpc) is 3.24. The molecule has 0 saturated heterocycles. The van der Waals surface area contributed by atoms with Gasteiger partial charge in [0.1, 0.15) is 17.1 Å². The third-order valence-electron chi connectivity index (χ3n) is 6.07. The quantitative estimate of drug-likeness (QED) is 0.454. The number of hydrogen-bond donors (Lipinski definition) is 1. The molecule has 2 aromatic heterocycles. The van der Waals surface area contributed by atoms with Crippen molar-refractivity contribution < 1.29 is 35.3 Å². The Bertz CT molecular complexity index is 1370. The number of pyridine rings is 1. The van der Waals surface area contributed by atoms with Gasteiger partial charge in [-0.1, -0.05) is 6.07 Å². The maximum atomic E-state index is 13.0. The SMILES string of the molecule is COc1cc2nn(C3CCC(COS(C)(=O)=O)CC3)cc2cc1NC(=O)c1cccc(C(F)(F)F)n1. The lowest BCUT2D eigenvalue weighted by Gasteiger charge is -2.28. The summed E-state index contributed by atoms with van der Waals surface area (Å²) in [6.45, 7) is 0.174. The van der Waals surface area contributed by atoms with Crippen molar-refractivity contribution in [2.75, 3.05) is 25.3 Å². The summed E-state index contributed by atoms with van der Waals surface area (Å²) in [5, 5.41) is 7.92. The maximum Gasteiger partial charge on any atom is 0.433 e. The summed E-state index contributed by atoms with van der Waals surface area (Å²) in [4.78, 5) is 16.1. The molecule has 0 aliphatic heterocycles. The molecule has 2 heterocycles. The summed E-state index contributed by atoms with van der Waals surface area (Å²) < 4.78 is 73.5. The highest BCUT2D eigenvalue weighted by Gasteiger charge is 2.33. The van der Waals surface area contributed by atoms with Crippen LogP contribution < -0.4 is 10.1 Å². The maximum absolute atomic E-state index is 13.0. The number of nitrogens with one attached hydrogen (secondary N) is 1. The van der Waals surface area contributed by atoms with E-state index in [1.165, 1.54) is 13.2 Å². The minimum atomic E-state index is -4.67. The van der Waals surface area contributed by atoms with Gasteiger partial charge in [-0.3, -0.25) is 13.7 Å². The molecule has 4 rings (SSSR count). The molecule has 1 aliphatic rings. The van der Waals surface area contributed by atoms with Gasteiger partial charge in [0, 0.05) is 17.6 Å². The van der Waals surface area contributed by atoms with Crippen molar-refractivity contribution in [3.8, 4) is 5.75 Å². The molecule has 3 aromatic rings. The van der Waals surface area contributed by atoms with Crippen LogP contribution in [-0.4, -0.2) is 49.1 Å². The van der Waals surface area contributed by atoms with E-state index in [0.29, 0.717) is 16.7 Å². The van der Waals surface area contributed by atoms with Gasteiger partial charge in [0.05, 0.1) is 37.2 Å². The fourth-order valence-electron chi connectivity index (χ4n) is 4.23. The number of carbonyl (C=O) groups is 1. The Balaban J connectivity index is 1.49. The number of fused-ring (bicyclic) bond motifs is 1. The number of benzene rings is 1. The second kappa shape index (κ2) is 10.1. The van der Waals surface area contributed by atoms with Crippen molar-refractivity contribution in [1.29, 1.82) is 0 Å². The highest BCUT2D eigenvalue weighted by Crippen LogP contribution is 2.35. The van der Waals surface area contributed by atoms with Crippen LogP contribution in [0.15, 0.2) is 36.5 Å². The minimum absolute atomic E-state index is 0.116. The summed E-state index contributed by atoms with van der Waals surface area (Å²) in [5.74, 6) is -0.345. The molecule has 194 valence electrons. The molecule has 0 unspecified atom stereocenters. The van der Waals surface area contributed by atoms with E-state index in [1.807, 2.05) is 10.9 Å². The van der Waals surface area contributed by atoms with Gasteiger partial charge in [0.2, 0.25) is 0 Å². The molecule has 0 atom stereocenters. The first-order valence-corrected chi connectivity index (χ1v) is 13.0. The summed E-state index contributed by atoms with van der Waals surface area (Å²) in [5.41, 5.74) is -0.629. The fraction of sp³-hybridized carbons (Fsp3) is 0.435. The topological polar surface area (TPSA) is 112 Å². The van der Waals surface area contributed by atoms with Crippen molar-refractivity contribution in [3.63, 3.8) is 0 Å². The van der Waals surface area contributed by atoms with E-state index in [4.69, 9.17) is 8.92 Å². The number of anilines is 1. The van der Waals surface area contributed by atoms with Gasteiger partial charge in [-0.25, -0.2) is 4.98 Å². The highest BCUT2D eigenvalue weighted by molar-refractivity contribution is 7.85. The first-order chi connectivity index (χ1) is 16.9. The van der Waals surface area contributed by atoms with E-state index in [9.17, 15) is 26.4 Å². The number of hydrogen-bond acceptors (Lipinski definition) is 7. The van der Waals surface area contributed by atoms with Crippen LogP contribution in [0.2, 0.25) is 0 Å². The Kier molecular flexibility index (Phi) is 7.23. The largest absolute Gasteiger partial charge is 0.494 e. The first kappa shape index (κ1) is 25.9. The molecule has 1 amide bonds. The van der Waals surface area contributed by atoms with Crippen molar-refractivity contribution in [1.82, 2.24) is 14.8 Å². The van der Waals surface area contributed by atoms with Gasteiger partial charge in [-0.05, 0) is 49.8 Å². The smallest absolute Gasteiger partial charge is 0.433 e. The third kappa shape index (κ3) is 6.13. The van der Waals surface area contributed by atoms with E-state index in [-0.39, 0.29) is 29.9 Å². The number of rotatable bonds is 7. The molecule has 36 heavy (non-hydrogen) atoms. The zero-order chi connectivity index (χ0) is 26.1. The molecule has 1 fully saturated rings. The number of carbonyl (C=O) groups excluding carboxylic acids is 1. The Labute approximate surface area is 205 Å². The number of aromatic nitrogens is 3. The van der Waals surface area contributed by atoms with E-state index in [0.717, 1.165) is 44.1 Å². The Morgan fingerprint density at radius 2 is 1.92 bits per heavy atom. The van der Waals surface area contributed by atoms with Crippen molar-refractivity contribution in [3.05, 3.63) is 47.9 Å². The van der Waals surface area contributed by atoms with Crippen LogP contribution in [0.4, 0.5) is 18.9 Å². The van der Waals surface area contributed by atoms with Gasteiger partial charge < -0.3 is 10.1 Å². The van der Waals surface area contributed by atoms with Gasteiger partial charge in [-0.15, -0.1) is 0 Å². The van der Waals surface area contributed by atoms with Crippen LogP contribution in [0.1, 0.15) is 47.9 Å². The molecule has 0 spiro atoms. The molecule has 0 bridgehead atoms. The minimum Gasteiger partial charge on any atom is -0.494 e. The van der Waals surface area contributed by atoms with E-state index >= 15 is 0 Å². The molecular formula is C23H25F3N4O5S. The number of alkyl halides is 3. The Morgan fingerprint density at radius 3 is 2.56 bits per heavy atom. The fourth-order valence-corrected chi connectivity index (χ4v) is 4.67. The monoisotopic (exact) mass is 526 g/mol. The second-order valence-corrected chi connectivity index (χ2v) is 10.4. The molecule has 1 aromatic carbocycles. The van der Waals surface area contributed by atoms with Crippen molar-refractivity contribution in [2.24, 2.45) is 5.92 Å². The van der Waals surface area contributed by atoms with E-state index < -0.39 is 27.9 Å². The first-order valence-electron chi connectivity index (χ1n) is 11.2. The van der Waals surface area contributed by atoms with Gasteiger partial charge >= 0.3 is 6.18 Å². The van der Waals surface area contributed by atoms with Crippen LogP contribution in [-0.2, 0) is 20.5 Å². The predicted octanol–water partition coefficient (Wildman–Crippen LogP) is 4.42. The third-order valence-corrected chi connectivity index (χ3v) is 6.64. The Hall–Kier alpha value is -3.19. The lowest BCUT2D eigenvalue weighted by molar-refractivity contribution is -0.141.